The maximum absolute atomic E-state index is 6.09. The molecule has 0 unspecified atom stereocenters. The number of nitrogens with zero attached hydrogens (tertiary/aromatic N) is 4. The van der Waals surface area contributed by atoms with Crippen molar-refractivity contribution in [2.45, 2.75) is 0 Å². The van der Waals surface area contributed by atoms with Crippen molar-refractivity contribution in [1.82, 2.24) is 15.0 Å². The first kappa shape index (κ1) is 17.2. The molecule has 0 radical (unpaired) electrons. The molecule has 0 spiro atoms. The smallest absolute Gasteiger partial charge is 0.231 e. The lowest BCUT2D eigenvalue weighted by Crippen LogP contribution is -2.08. The second-order valence-electron chi connectivity index (χ2n) is 7.02. The van der Waals surface area contributed by atoms with Crippen molar-refractivity contribution >= 4 is 22.5 Å². The van der Waals surface area contributed by atoms with Crippen LogP contribution in [0.25, 0.3) is 33.4 Å². The molecule has 4 aromatic rings. The number of ether oxygens (including phenoxy) is 2. The summed E-state index contributed by atoms with van der Waals surface area (Å²) in [4.78, 5) is 15.3. The molecule has 0 fully saturated rings. The molecule has 144 valence electrons. The Morgan fingerprint density at radius 2 is 1.66 bits per heavy atom. The average molecular weight is 385 g/mol. The zero-order valence-electron chi connectivity index (χ0n) is 16.1. The van der Waals surface area contributed by atoms with Crippen LogP contribution in [0.2, 0.25) is 0 Å². The minimum Gasteiger partial charge on any atom is -0.454 e. The van der Waals surface area contributed by atoms with Gasteiger partial charge in [-0.2, -0.15) is 0 Å². The van der Waals surface area contributed by atoms with Gasteiger partial charge in [-0.25, -0.2) is 15.0 Å². The van der Waals surface area contributed by atoms with Crippen molar-refractivity contribution in [3.05, 3.63) is 54.9 Å². The average Bonchev–Trinajstić information content (AvgIpc) is 3.21. The topological polar surface area (TPSA) is 86.4 Å². The summed E-state index contributed by atoms with van der Waals surface area (Å²) in [6.07, 6.45) is 1.43. The van der Waals surface area contributed by atoms with Crippen LogP contribution in [0, 0.1) is 0 Å². The van der Waals surface area contributed by atoms with Crippen LogP contribution < -0.4 is 20.1 Å². The van der Waals surface area contributed by atoms with Crippen LogP contribution in [0.5, 0.6) is 11.5 Å². The Balaban J connectivity index is 1.74. The summed E-state index contributed by atoms with van der Waals surface area (Å²) >= 11 is 0. The summed E-state index contributed by atoms with van der Waals surface area (Å²) in [5.74, 6) is 1.86. The largest absolute Gasteiger partial charge is 0.454 e. The Morgan fingerprint density at radius 3 is 2.45 bits per heavy atom. The van der Waals surface area contributed by atoms with Crippen LogP contribution in [0.15, 0.2) is 54.9 Å². The van der Waals surface area contributed by atoms with Crippen molar-refractivity contribution in [3.63, 3.8) is 0 Å². The van der Waals surface area contributed by atoms with Gasteiger partial charge in [0.2, 0.25) is 6.79 Å². The van der Waals surface area contributed by atoms with E-state index < -0.39 is 0 Å². The van der Waals surface area contributed by atoms with Gasteiger partial charge in [0, 0.05) is 30.9 Å². The zero-order chi connectivity index (χ0) is 20.0. The normalized spacial score (nSPS) is 12.3. The van der Waals surface area contributed by atoms with E-state index in [1.165, 1.54) is 6.33 Å². The number of anilines is 2. The maximum Gasteiger partial charge on any atom is 0.231 e. The predicted octanol–water partition coefficient (Wildman–Crippen LogP) is 3.74. The standard InChI is InChI=1S/C22H19N5O2/c1-27(2)15-6-3-13(4-7-15)20-16(10-17-21(23)24-11-25-22(17)26-20)14-5-8-18-19(9-14)29-12-28-18/h3-11H,12H2,1-2H3,(H2,23,24,25,26). The van der Waals surface area contributed by atoms with E-state index in [1.54, 1.807) is 0 Å². The molecule has 0 saturated carbocycles. The minimum atomic E-state index is 0.231. The number of benzene rings is 2. The molecule has 5 rings (SSSR count). The maximum atomic E-state index is 6.09. The molecular formula is C22H19N5O2. The number of hydrogen-bond donors (Lipinski definition) is 1. The first-order valence-electron chi connectivity index (χ1n) is 9.19. The first-order valence-corrected chi connectivity index (χ1v) is 9.19. The molecule has 1 aliphatic rings. The van der Waals surface area contributed by atoms with Gasteiger partial charge in [-0.3, -0.25) is 0 Å². The van der Waals surface area contributed by atoms with E-state index in [0.717, 1.165) is 33.8 Å². The third-order valence-corrected chi connectivity index (χ3v) is 5.00. The van der Waals surface area contributed by atoms with Gasteiger partial charge in [-0.1, -0.05) is 18.2 Å². The second-order valence-corrected chi connectivity index (χ2v) is 7.02. The lowest BCUT2D eigenvalue weighted by Gasteiger charge is -2.15. The monoisotopic (exact) mass is 385 g/mol. The summed E-state index contributed by atoms with van der Waals surface area (Å²) in [7, 11) is 4.03. The Hall–Kier alpha value is -3.87. The molecule has 2 N–H and O–H groups in total. The number of nitrogens with two attached hydrogens (primary N) is 1. The Morgan fingerprint density at radius 1 is 0.897 bits per heavy atom. The summed E-state index contributed by atoms with van der Waals surface area (Å²) in [6.45, 7) is 0.231. The third kappa shape index (κ3) is 2.97. The minimum absolute atomic E-state index is 0.231. The van der Waals surface area contributed by atoms with Gasteiger partial charge in [-0.15, -0.1) is 0 Å². The lowest BCUT2D eigenvalue weighted by atomic mass is 9.97. The summed E-state index contributed by atoms with van der Waals surface area (Å²) in [5.41, 5.74) is 11.5. The number of aromatic nitrogens is 3. The van der Waals surface area contributed by atoms with Crippen LogP contribution in [-0.2, 0) is 0 Å². The van der Waals surface area contributed by atoms with E-state index >= 15 is 0 Å². The molecule has 29 heavy (non-hydrogen) atoms. The van der Waals surface area contributed by atoms with Gasteiger partial charge in [0.15, 0.2) is 17.1 Å². The van der Waals surface area contributed by atoms with Gasteiger partial charge >= 0.3 is 0 Å². The van der Waals surface area contributed by atoms with Gasteiger partial charge < -0.3 is 20.1 Å². The second kappa shape index (κ2) is 6.63. The molecule has 0 saturated heterocycles. The molecule has 2 aromatic carbocycles. The highest BCUT2D eigenvalue weighted by Gasteiger charge is 2.18. The van der Waals surface area contributed by atoms with E-state index in [1.807, 2.05) is 38.4 Å². The summed E-state index contributed by atoms with van der Waals surface area (Å²) < 4.78 is 11.0. The van der Waals surface area contributed by atoms with Crippen LogP contribution in [0.3, 0.4) is 0 Å². The Bertz CT molecular complexity index is 1220. The van der Waals surface area contributed by atoms with Crippen molar-refractivity contribution in [3.8, 4) is 33.9 Å². The van der Waals surface area contributed by atoms with E-state index in [4.69, 9.17) is 20.2 Å². The van der Waals surface area contributed by atoms with E-state index in [0.29, 0.717) is 22.6 Å². The first-order chi connectivity index (χ1) is 14.1. The molecular weight excluding hydrogens is 366 g/mol. The molecule has 7 heteroatoms. The van der Waals surface area contributed by atoms with Crippen molar-refractivity contribution < 1.29 is 9.47 Å². The number of fused-ring (bicyclic) bond motifs is 2. The molecule has 0 bridgehead atoms. The van der Waals surface area contributed by atoms with Crippen molar-refractivity contribution in [2.24, 2.45) is 0 Å². The fourth-order valence-corrected chi connectivity index (χ4v) is 3.43. The number of nitrogen functional groups attached to an aromatic ring is 1. The Kier molecular flexibility index (Phi) is 3.94. The van der Waals surface area contributed by atoms with Crippen molar-refractivity contribution in [1.29, 1.82) is 0 Å². The molecule has 0 atom stereocenters. The highest BCUT2D eigenvalue weighted by atomic mass is 16.7. The third-order valence-electron chi connectivity index (χ3n) is 5.00. The Labute approximate surface area is 167 Å². The van der Waals surface area contributed by atoms with Crippen LogP contribution in [0.4, 0.5) is 11.5 Å². The molecule has 0 amide bonds. The highest BCUT2D eigenvalue weighted by molar-refractivity contribution is 5.94. The summed E-state index contributed by atoms with van der Waals surface area (Å²) in [5, 5.41) is 0.717. The molecule has 1 aliphatic heterocycles. The highest BCUT2D eigenvalue weighted by Crippen LogP contribution is 2.40. The molecule has 0 aliphatic carbocycles. The zero-order valence-corrected chi connectivity index (χ0v) is 16.1. The number of pyridine rings is 1. The van der Waals surface area contributed by atoms with Gasteiger partial charge in [0.05, 0.1) is 11.1 Å². The van der Waals surface area contributed by atoms with E-state index in [2.05, 4.69) is 39.1 Å². The van der Waals surface area contributed by atoms with Crippen LogP contribution >= 0.6 is 0 Å². The quantitative estimate of drug-likeness (QED) is 0.575. The molecule has 7 nitrogen and oxygen atoms in total. The number of hydrogen-bond acceptors (Lipinski definition) is 7. The predicted molar refractivity (Wildman–Crippen MR) is 113 cm³/mol. The van der Waals surface area contributed by atoms with Crippen LogP contribution in [-0.4, -0.2) is 35.8 Å². The van der Waals surface area contributed by atoms with Crippen LogP contribution in [0.1, 0.15) is 0 Å². The van der Waals surface area contributed by atoms with Gasteiger partial charge in [-0.05, 0) is 35.9 Å². The molecule has 2 aromatic heterocycles. The van der Waals surface area contributed by atoms with Gasteiger partial charge in [0.25, 0.3) is 0 Å². The fraction of sp³-hybridized carbons (Fsp3) is 0.136. The van der Waals surface area contributed by atoms with E-state index in [-0.39, 0.29) is 6.79 Å². The van der Waals surface area contributed by atoms with Crippen molar-refractivity contribution in [2.75, 3.05) is 31.5 Å². The van der Waals surface area contributed by atoms with E-state index in [9.17, 15) is 0 Å². The number of rotatable bonds is 3. The summed E-state index contributed by atoms with van der Waals surface area (Å²) in [6, 6.07) is 16.1. The molecule has 3 heterocycles. The fourth-order valence-electron chi connectivity index (χ4n) is 3.43. The SMILES string of the molecule is CN(C)c1ccc(-c2nc3ncnc(N)c3cc2-c2ccc3c(c2)OCO3)cc1. The lowest BCUT2D eigenvalue weighted by molar-refractivity contribution is 0.174. The van der Waals surface area contributed by atoms with Gasteiger partial charge in [0.1, 0.15) is 12.1 Å².